The number of pyridine rings is 1. The molecule has 1 saturated heterocycles. The van der Waals surface area contributed by atoms with E-state index in [0.29, 0.717) is 37.5 Å². The monoisotopic (exact) mass is 350 g/mol. The van der Waals surface area contributed by atoms with Gasteiger partial charge in [-0.05, 0) is 45.7 Å². The topological polar surface area (TPSA) is 92.8 Å². The third kappa shape index (κ3) is 5.81. The Bertz CT molecular complexity index is 607. The lowest BCUT2D eigenvalue weighted by Gasteiger charge is -2.32. The van der Waals surface area contributed by atoms with Crippen LogP contribution >= 0.6 is 0 Å². The van der Waals surface area contributed by atoms with Crippen LogP contribution in [0.15, 0.2) is 18.3 Å². The summed E-state index contributed by atoms with van der Waals surface area (Å²) < 4.78 is 10.4. The Morgan fingerprint density at radius 1 is 1.28 bits per heavy atom. The number of amides is 3. The van der Waals surface area contributed by atoms with Crippen molar-refractivity contribution < 1.29 is 19.1 Å². The van der Waals surface area contributed by atoms with Crippen LogP contribution in [0, 0.1) is 0 Å². The number of aromatic nitrogens is 1. The highest BCUT2D eigenvalue weighted by molar-refractivity contribution is 5.90. The van der Waals surface area contributed by atoms with E-state index in [2.05, 4.69) is 15.6 Å². The molecule has 1 aliphatic rings. The zero-order valence-corrected chi connectivity index (χ0v) is 15.2. The smallest absolute Gasteiger partial charge is 0.407 e. The maximum atomic E-state index is 12.4. The van der Waals surface area contributed by atoms with Gasteiger partial charge in [-0.25, -0.2) is 14.6 Å². The fourth-order valence-corrected chi connectivity index (χ4v) is 2.54. The first-order chi connectivity index (χ1) is 11.8. The number of nitrogens with zero attached hydrogens (tertiary/aromatic N) is 2. The van der Waals surface area contributed by atoms with Crippen LogP contribution in [-0.4, -0.2) is 53.9 Å². The van der Waals surface area contributed by atoms with E-state index in [0.717, 1.165) is 0 Å². The third-order valence-corrected chi connectivity index (χ3v) is 3.71. The van der Waals surface area contributed by atoms with Crippen LogP contribution in [0.2, 0.25) is 0 Å². The number of ether oxygens (including phenoxy) is 2. The van der Waals surface area contributed by atoms with E-state index in [1.54, 1.807) is 23.2 Å². The van der Waals surface area contributed by atoms with E-state index in [-0.39, 0.29) is 12.1 Å². The normalized spacial score (nSPS) is 15.4. The van der Waals surface area contributed by atoms with Crippen molar-refractivity contribution >= 4 is 17.8 Å². The van der Waals surface area contributed by atoms with Crippen LogP contribution in [0.4, 0.5) is 15.3 Å². The number of carbonyl (C=O) groups is 2. The summed E-state index contributed by atoms with van der Waals surface area (Å²) in [5.41, 5.74) is 0.0111. The van der Waals surface area contributed by atoms with Crippen molar-refractivity contribution in [2.24, 2.45) is 0 Å². The summed E-state index contributed by atoms with van der Waals surface area (Å²) in [5.74, 6) is 0.373. The van der Waals surface area contributed by atoms with E-state index < -0.39 is 11.7 Å². The fraction of sp³-hybridized carbons (Fsp3) is 0.588. The van der Waals surface area contributed by atoms with Gasteiger partial charge < -0.3 is 25.0 Å². The largest absolute Gasteiger partial charge is 0.480 e. The standard InChI is InChI=1S/C17H26N4O4/c1-17(2,3)25-16(23)19-12-7-10-21(11-8-12)15(22)20-13-6-5-9-18-14(13)24-4/h5-6,9,12H,7-8,10-11H2,1-4H3,(H,19,23)(H,20,22). The number of likely N-dealkylation sites (tertiary alicyclic amines) is 1. The molecule has 0 aromatic carbocycles. The summed E-state index contributed by atoms with van der Waals surface area (Å²) in [6.07, 6.45) is 2.53. The first kappa shape index (κ1) is 18.8. The number of methoxy groups -OCH3 is 1. The van der Waals surface area contributed by atoms with Gasteiger partial charge >= 0.3 is 12.1 Å². The summed E-state index contributed by atoms with van der Waals surface area (Å²) in [4.78, 5) is 29.9. The average molecular weight is 350 g/mol. The molecule has 2 N–H and O–H groups in total. The van der Waals surface area contributed by atoms with Crippen LogP contribution in [0.1, 0.15) is 33.6 Å². The molecule has 0 saturated carbocycles. The summed E-state index contributed by atoms with van der Waals surface area (Å²) >= 11 is 0. The molecule has 1 fully saturated rings. The van der Waals surface area contributed by atoms with E-state index in [1.165, 1.54) is 7.11 Å². The van der Waals surface area contributed by atoms with Crippen molar-refractivity contribution in [1.82, 2.24) is 15.2 Å². The molecule has 8 nitrogen and oxygen atoms in total. The summed E-state index contributed by atoms with van der Waals surface area (Å²) in [6.45, 7) is 6.58. The summed E-state index contributed by atoms with van der Waals surface area (Å²) in [5, 5.41) is 5.66. The molecule has 0 unspecified atom stereocenters. The maximum absolute atomic E-state index is 12.4. The molecule has 138 valence electrons. The minimum absolute atomic E-state index is 0.00632. The first-order valence-electron chi connectivity index (χ1n) is 8.33. The minimum atomic E-state index is -0.520. The van der Waals surface area contributed by atoms with Crippen molar-refractivity contribution in [2.45, 2.75) is 45.3 Å². The van der Waals surface area contributed by atoms with Gasteiger partial charge in [0.2, 0.25) is 5.88 Å². The summed E-state index contributed by atoms with van der Waals surface area (Å²) in [6, 6.07) is 3.27. The lowest BCUT2D eigenvalue weighted by molar-refractivity contribution is 0.0486. The van der Waals surface area contributed by atoms with Gasteiger partial charge in [0.15, 0.2) is 0 Å². The second-order valence-electron chi connectivity index (χ2n) is 6.90. The molecule has 1 aliphatic heterocycles. The van der Waals surface area contributed by atoms with Gasteiger partial charge in [0.25, 0.3) is 0 Å². The highest BCUT2D eigenvalue weighted by atomic mass is 16.6. The van der Waals surface area contributed by atoms with E-state index in [1.807, 2.05) is 20.8 Å². The van der Waals surface area contributed by atoms with Gasteiger partial charge in [-0.3, -0.25) is 0 Å². The van der Waals surface area contributed by atoms with Gasteiger partial charge in [-0.1, -0.05) is 0 Å². The first-order valence-corrected chi connectivity index (χ1v) is 8.33. The predicted octanol–water partition coefficient (Wildman–Crippen LogP) is 2.61. The number of anilines is 1. The van der Waals surface area contributed by atoms with Crippen LogP contribution in [-0.2, 0) is 4.74 Å². The molecule has 3 amide bonds. The zero-order valence-electron chi connectivity index (χ0n) is 15.2. The highest BCUT2D eigenvalue weighted by Crippen LogP contribution is 2.21. The van der Waals surface area contributed by atoms with Gasteiger partial charge in [0.05, 0.1) is 7.11 Å². The molecule has 0 spiro atoms. The van der Waals surface area contributed by atoms with Gasteiger partial charge in [0.1, 0.15) is 11.3 Å². The molecule has 2 rings (SSSR count). The molecule has 0 bridgehead atoms. The zero-order chi connectivity index (χ0) is 18.4. The van der Waals surface area contributed by atoms with Gasteiger partial charge in [-0.15, -0.1) is 0 Å². The molecule has 1 aromatic rings. The Kier molecular flexibility index (Phi) is 6.06. The average Bonchev–Trinajstić information content (AvgIpc) is 2.54. The van der Waals surface area contributed by atoms with Gasteiger partial charge in [-0.2, -0.15) is 0 Å². The fourth-order valence-electron chi connectivity index (χ4n) is 2.54. The molecule has 0 aliphatic carbocycles. The van der Waals surface area contributed by atoms with Crippen molar-refractivity contribution in [2.75, 3.05) is 25.5 Å². The summed E-state index contributed by atoms with van der Waals surface area (Å²) in [7, 11) is 1.51. The second-order valence-corrected chi connectivity index (χ2v) is 6.90. The Labute approximate surface area is 147 Å². The second kappa shape index (κ2) is 8.04. The van der Waals surface area contributed by atoms with E-state index in [9.17, 15) is 9.59 Å². The Morgan fingerprint density at radius 2 is 1.96 bits per heavy atom. The molecule has 25 heavy (non-hydrogen) atoms. The number of rotatable bonds is 3. The van der Waals surface area contributed by atoms with Crippen molar-refractivity contribution in [3.05, 3.63) is 18.3 Å². The molecule has 0 atom stereocenters. The van der Waals surface area contributed by atoms with Gasteiger partial charge in [0, 0.05) is 25.3 Å². The Hall–Kier alpha value is -2.51. The molecule has 1 aromatic heterocycles. The number of hydrogen-bond donors (Lipinski definition) is 2. The van der Waals surface area contributed by atoms with Crippen LogP contribution in [0.25, 0.3) is 0 Å². The van der Waals surface area contributed by atoms with Crippen LogP contribution in [0.3, 0.4) is 0 Å². The molecule has 2 heterocycles. The minimum Gasteiger partial charge on any atom is -0.480 e. The van der Waals surface area contributed by atoms with Crippen molar-refractivity contribution in [3.8, 4) is 5.88 Å². The number of nitrogens with one attached hydrogen (secondary N) is 2. The lowest BCUT2D eigenvalue weighted by atomic mass is 10.1. The maximum Gasteiger partial charge on any atom is 0.407 e. The van der Waals surface area contributed by atoms with Crippen molar-refractivity contribution in [1.29, 1.82) is 0 Å². The molecule has 0 radical (unpaired) electrons. The van der Waals surface area contributed by atoms with Crippen molar-refractivity contribution in [3.63, 3.8) is 0 Å². The number of carbonyl (C=O) groups excluding carboxylic acids is 2. The SMILES string of the molecule is COc1ncccc1NC(=O)N1CCC(NC(=O)OC(C)(C)C)CC1. The lowest BCUT2D eigenvalue weighted by Crippen LogP contribution is -2.48. The highest BCUT2D eigenvalue weighted by Gasteiger charge is 2.26. The quantitative estimate of drug-likeness (QED) is 0.874. The van der Waals surface area contributed by atoms with Crippen LogP contribution in [0.5, 0.6) is 5.88 Å². The number of urea groups is 1. The predicted molar refractivity (Wildman–Crippen MR) is 93.8 cm³/mol. The molecular formula is C17H26N4O4. The molecule has 8 heteroatoms. The van der Waals surface area contributed by atoms with E-state index in [4.69, 9.17) is 9.47 Å². The third-order valence-electron chi connectivity index (χ3n) is 3.71. The number of piperidine rings is 1. The number of alkyl carbamates (subject to hydrolysis) is 1. The molecular weight excluding hydrogens is 324 g/mol. The Balaban J connectivity index is 1.81. The number of hydrogen-bond acceptors (Lipinski definition) is 5. The van der Waals surface area contributed by atoms with Crippen LogP contribution < -0.4 is 15.4 Å². The van der Waals surface area contributed by atoms with E-state index >= 15 is 0 Å². The Morgan fingerprint density at radius 3 is 2.56 bits per heavy atom.